The maximum atomic E-state index is 11.0. The van der Waals surface area contributed by atoms with Crippen molar-refractivity contribution in [3.63, 3.8) is 0 Å². The summed E-state index contributed by atoms with van der Waals surface area (Å²) in [5.74, 6) is -0.135. The van der Waals surface area contributed by atoms with Gasteiger partial charge in [0.25, 0.3) is 0 Å². The van der Waals surface area contributed by atoms with Gasteiger partial charge >= 0.3 is 5.97 Å². The SMILES string of the molecule is CC(=O)OCC1(N2CCCC2)CCCCC1.[O-][Cl+3]([O-])([O-])O. The lowest BCUT2D eigenvalue weighted by Crippen LogP contribution is -2.58. The Kier molecular flexibility index (Phi) is 7.32. The molecule has 0 radical (unpaired) electrons. The Morgan fingerprint density at radius 3 is 2.05 bits per heavy atom. The highest BCUT2D eigenvalue weighted by Crippen LogP contribution is 2.36. The molecule has 1 aliphatic carbocycles. The highest BCUT2D eigenvalue weighted by molar-refractivity contribution is 5.65. The summed E-state index contributed by atoms with van der Waals surface area (Å²) in [6.45, 7) is 4.52. The highest BCUT2D eigenvalue weighted by atomic mass is 35.7. The number of carbonyl (C=O) groups is 1. The van der Waals surface area contributed by atoms with Gasteiger partial charge in [-0.15, -0.1) is 0 Å². The van der Waals surface area contributed by atoms with Gasteiger partial charge in [-0.05, 0) is 38.8 Å². The maximum Gasteiger partial charge on any atom is 0.302 e. The molecule has 2 fully saturated rings. The van der Waals surface area contributed by atoms with Gasteiger partial charge in [-0.25, -0.2) is 0 Å². The molecular formula is C13H24ClNO6. The first-order chi connectivity index (χ1) is 9.73. The molecule has 0 spiro atoms. The first-order valence-corrected chi connectivity index (χ1v) is 8.51. The third-order valence-electron chi connectivity index (χ3n) is 4.11. The van der Waals surface area contributed by atoms with Crippen LogP contribution in [0.5, 0.6) is 0 Å². The molecule has 0 bridgehead atoms. The molecule has 1 aliphatic heterocycles. The van der Waals surface area contributed by atoms with Crippen molar-refractivity contribution in [3.8, 4) is 0 Å². The topological polar surface area (TPSA) is 119 Å². The molecule has 2 rings (SSSR count). The summed E-state index contributed by atoms with van der Waals surface area (Å²) in [6, 6.07) is 0. The van der Waals surface area contributed by atoms with Crippen LogP contribution >= 0.6 is 0 Å². The zero-order valence-electron chi connectivity index (χ0n) is 12.4. The van der Waals surface area contributed by atoms with E-state index in [-0.39, 0.29) is 11.5 Å². The number of likely N-dealkylation sites (tertiary alicyclic amines) is 1. The van der Waals surface area contributed by atoms with Gasteiger partial charge in [0, 0.05) is 6.92 Å². The summed E-state index contributed by atoms with van der Waals surface area (Å²) in [4.78, 5) is 13.6. The summed E-state index contributed by atoms with van der Waals surface area (Å²) in [7, 11) is -4.69. The van der Waals surface area contributed by atoms with E-state index >= 15 is 0 Å². The van der Waals surface area contributed by atoms with Crippen molar-refractivity contribution >= 4 is 5.97 Å². The number of hydrogen-bond acceptors (Lipinski definition) is 7. The molecule has 21 heavy (non-hydrogen) atoms. The Labute approximate surface area is 127 Å². The van der Waals surface area contributed by atoms with Crippen LogP contribution in [-0.4, -0.2) is 40.8 Å². The minimum atomic E-state index is -4.69. The van der Waals surface area contributed by atoms with Crippen LogP contribution in [-0.2, 0) is 9.53 Å². The van der Waals surface area contributed by atoms with Crippen molar-refractivity contribution < 1.29 is 38.4 Å². The van der Waals surface area contributed by atoms with E-state index in [0.717, 1.165) is 0 Å². The van der Waals surface area contributed by atoms with E-state index in [2.05, 4.69) is 4.90 Å². The molecule has 0 aromatic rings. The van der Waals surface area contributed by atoms with E-state index in [4.69, 9.17) is 23.4 Å². The Balaban J connectivity index is 0.000000383. The Bertz CT molecular complexity index is 315. The summed E-state index contributed by atoms with van der Waals surface area (Å²) >= 11 is 0. The van der Waals surface area contributed by atoms with E-state index in [1.54, 1.807) is 0 Å². The number of hydrogen-bond donors (Lipinski definition) is 1. The summed E-state index contributed by atoms with van der Waals surface area (Å²) in [5.41, 5.74) is 0.181. The molecule has 0 aromatic carbocycles. The van der Waals surface area contributed by atoms with Crippen LogP contribution in [0.3, 0.4) is 0 Å². The quantitative estimate of drug-likeness (QED) is 0.609. The first kappa shape index (κ1) is 18.6. The zero-order chi connectivity index (χ0) is 15.9. The molecule has 124 valence electrons. The molecule has 0 atom stereocenters. The number of rotatable bonds is 3. The summed E-state index contributed by atoms with van der Waals surface area (Å²) < 4.78 is 38.0. The van der Waals surface area contributed by atoms with Crippen molar-refractivity contribution in [1.29, 1.82) is 0 Å². The molecule has 2 aliphatic rings. The van der Waals surface area contributed by atoms with Gasteiger partial charge < -0.3 is 4.74 Å². The van der Waals surface area contributed by atoms with Crippen molar-refractivity contribution in [2.75, 3.05) is 19.7 Å². The molecule has 1 N–H and O–H groups in total. The van der Waals surface area contributed by atoms with E-state index in [0.29, 0.717) is 6.61 Å². The third kappa shape index (κ3) is 7.39. The Morgan fingerprint density at radius 1 is 1.14 bits per heavy atom. The lowest BCUT2D eigenvalue weighted by atomic mass is 9.81. The normalized spacial score (nSPS) is 22.3. The predicted molar refractivity (Wildman–Crippen MR) is 65.5 cm³/mol. The third-order valence-corrected chi connectivity index (χ3v) is 4.11. The number of carbonyl (C=O) groups excluding carboxylic acids is 1. The smallest absolute Gasteiger partial charge is 0.302 e. The van der Waals surface area contributed by atoms with E-state index in [9.17, 15) is 4.79 Å². The monoisotopic (exact) mass is 325 g/mol. The number of esters is 1. The van der Waals surface area contributed by atoms with Gasteiger partial charge in [-0.1, -0.05) is 19.3 Å². The van der Waals surface area contributed by atoms with Crippen LogP contribution in [0.4, 0.5) is 0 Å². The van der Waals surface area contributed by atoms with Crippen LogP contribution in [0.25, 0.3) is 0 Å². The fraction of sp³-hybridized carbons (Fsp3) is 0.923. The van der Waals surface area contributed by atoms with Gasteiger partial charge in [-0.3, -0.25) is 9.69 Å². The standard InChI is InChI=1S/C13H23NO2.ClHO4/c1-12(15)16-11-13(7-3-2-4-8-13)14-9-5-6-10-14;2-1(3,4)5/h2-11H2,1H3;(H,2,3,4,5). The predicted octanol–water partition coefficient (Wildman–Crippen LogP) is -1.78. The van der Waals surface area contributed by atoms with Gasteiger partial charge in [0.15, 0.2) is 0 Å². The molecule has 1 saturated heterocycles. The fourth-order valence-corrected chi connectivity index (χ4v) is 3.19. The van der Waals surface area contributed by atoms with Gasteiger partial charge in [0.2, 0.25) is 0 Å². The van der Waals surface area contributed by atoms with Crippen LogP contribution < -0.4 is 14.0 Å². The molecule has 1 heterocycles. The molecular weight excluding hydrogens is 302 g/mol. The number of halogens is 1. The van der Waals surface area contributed by atoms with Crippen LogP contribution in [0.1, 0.15) is 51.9 Å². The lowest BCUT2D eigenvalue weighted by Gasteiger charge is -2.44. The summed E-state index contributed by atoms with van der Waals surface area (Å²) in [5, 5.41) is 0. The average Bonchev–Trinajstić information content (AvgIpc) is 2.90. The number of ether oxygens (including phenoxy) is 1. The molecule has 0 amide bonds. The lowest BCUT2D eigenvalue weighted by molar-refractivity contribution is -1.92. The van der Waals surface area contributed by atoms with E-state index in [1.807, 2.05) is 0 Å². The zero-order valence-corrected chi connectivity index (χ0v) is 13.1. The maximum absolute atomic E-state index is 11.0. The molecule has 8 heteroatoms. The second kappa shape index (κ2) is 8.26. The van der Waals surface area contributed by atoms with E-state index < -0.39 is 10.2 Å². The van der Waals surface area contributed by atoms with E-state index in [1.165, 1.54) is 65.0 Å². The molecule has 0 aromatic heterocycles. The minimum Gasteiger partial charge on any atom is -0.464 e. The summed E-state index contributed by atoms with van der Waals surface area (Å²) in [6.07, 6.45) is 8.95. The Morgan fingerprint density at radius 2 is 1.62 bits per heavy atom. The molecule has 0 unspecified atom stereocenters. The molecule has 1 saturated carbocycles. The van der Waals surface area contributed by atoms with Gasteiger partial charge in [0.1, 0.15) is 6.61 Å². The van der Waals surface area contributed by atoms with Crippen molar-refractivity contribution in [2.24, 2.45) is 0 Å². The fourth-order valence-electron chi connectivity index (χ4n) is 3.19. The van der Waals surface area contributed by atoms with Crippen molar-refractivity contribution in [1.82, 2.24) is 4.90 Å². The van der Waals surface area contributed by atoms with Crippen LogP contribution in [0.2, 0.25) is 0 Å². The highest BCUT2D eigenvalue weighted by Gasteiger charge is 2.39. The Hall–Kier alpha value is -0.440. The van der Waals surface area contributed by atoms with Crippen molar-refractivity contribution in [2.45, 2.75) is 57.4 Å². The van der Waals surface area contributed by atoms with Gasteiger partial charge in [0.05, 0.1) is 20.4 Å². The minimum absolute atomic E-state index is 0.135. The van der Waals surface area contributed by atoms with Crippen molar-refractivity contribution in [3.05, 3.63) is 0 Å². The second-order valence-electron chi connectivity index (χ2n) is 5.66. The van der Waals surface area contributed by atoms with Crippen LogP contribution in [0, 0.1) is 10.2 Å². The van der Waals surface area contributed by atoms with Gasteiger partial charge in [-0.2, -0.15) is 14.0 Å². The van der Waals surface area contributed by atoms with Crippen LogP contribution in [0.15, 0.2) is 0 Å². The molecule has 7 nitrogen and oxygen atoms in total. The first-order valence-electron chi connectivity index (χ1n) is 7.25. The number of nitrogens with zero attached hydrogens (tertiary/aromatic N) is 1. The average molecular weight is 326 g/mol. The largest absolute Gasteiger partial charge is 0.464 e. The second-order valence-corrected chi connectivity index (χ2v) is 6.45.